The average molecular weight is 387 g/mol. The Bertz CT molecular complexity index is 924. The Balaban J connectivity index is 1.42. The summed E-state index contributed by atoms with van der Waals surface area (Å²) < 4.78 is 7.08. The van der Waals surface area contributed by atoms with Gasteiger partial charge in [0.2, 0.25) is 5.76 Å². The van der Waals surface area contributed by atoms with Crippen LogP contribution in [0.5, 0.6) is 0 Å². The van der Waals surface area contributed by atoms with Crippen LogP contribution in [0.1, 0.15) is 23.4 Å². The Morgan fingerprint density at radius 1 is 1.33 bits per heavy atom. The maximum atomic E-state index is 12.7. The Kier molecular flexibility index (Phi) is 4.96. The number of carbonyl (C=O) groups excluding carboxylic acids is 1. The molecule has 4 rings (SSSR count). The Labute approximate surface area is 161 Å². The quantitative estimate of drug-likeness (QED) is 0.703. The van der Waals surface area contributed by atoms with Crippen molar-refractivity contribution in [3.05, 3.63) is 59.9 Å². The molecule has 1 aromatic carbocycles. The molecule has 0 spiro atoms. The molecule has 8 heteroatoms. The molecule has 1 fully saturated rings. The fourth-order valence-corrected chi connectivity index (χ4v) is 3.72. The number of oxazole rings is 1. The highest BCUT2D eigenvalue weighted by Gasteiger charge is 2.35. The van der Waals surface area contributed by atoms with Gasteiger partial charge in [-0.1, -0.05) is 41.9 Å². The van der Waals surface area contributed by atoms with Crippen molar-refractivity contribution in [2.45, 2.75) is 31.5 Å². The minimum Gasteiger partial charge on any atom is -0.438 e. The number of hydrogen-bond acceptors (Lipinski definition) is 5. The summed E-state index contributed by atoms with van der Waals surface area (Å²) in [6.45, 7) is 0.647. The normalized spacial score (nSPS) is 22.1. The molecule has 0 radical (unpaired) electrons. The zero-order valence-corrected chi connectivity index (χ0v) is 15.2. The largest absolute Gasteiger partial charge is 0.438 e. The average Bonchev–Trinajstić information content (AvgIpc) is 3.37. The van der Waals surface area contributed by atoms with Crippen molar-refractivity contribution in [3.63, 3.8) is 0 Å². The number of carbonyl (C=O) groups is 1. The second-order valence-corrected chi connectivity index (χ2v) is 7.20. The van der Waals surface area contributed by atoms with E-state index in [0.29, 0.717) is 30.1 Å². The van der Waals surface area contributed by atoms with Crippen LogP contribution in [0.25, 0.3) is 11.3 Å². The van der Waals surface area contributed by atoms with Crippen LogP contribution in [-0.2, 0) is 6.54 Å². The monoisotopic (exact) mass is 386 g/mol. The van der Waals surface area contributed by atoms with E-state index in [4.69, 9.17) is 16.0 Å². The third kappa shape index (κ3) is 3.89. The molecule has 1 aliphatic carbocycles. The predicted octanol–water partition coefficient (Wildman–Crippen LogP) is 2.76. The second-order valence-electron chi connectivity index (χ2n) is 6.76. The van der Waals surface area contributed by atoms with Crippen LogP contribution in [0.15, 0.2) is 53.5 Å². The van der Waals surface area contributed by atoms with Crippen molar-refractivity contribution >= 4 is 17.5 Å². The summed E-state index contributed by atoms with van der Waals surface area (Å²) in [6, 6.07) is 9.03. The van der Waals surface area contributed by atoms with E-state index in [1.807, 2.05) is 30.3 Å². The van der Waals surface area contributed by atoms with Crippen molar-refractivity contribution in [2.24, 2.45) is 5.92 Å². The maximum Gasteiger partial charge on any atom is 0.289 e. The van der Waals surface area contributed by atoms with Crippen LogP contribution < -0.4 is 5.32 Å². The Hall–Kier alpha value is -2.64. The molecule has 3 aromatic rings. The van der Waals surface area contributed by atoms with E-state index in [-0.39, 0.29) is 23.6 Å². The first kappa shape index (κ1) is 17.8. The van der Waals surface area contributed by atoms with Gasteiger partial charge in [0.25, 0.3) is 5.91 Å². The van der Waals surface area contributed by atoms with E-state index in [1.54, 1.807) is 17.1 Å². The lowest BCUT2D eigenvalue weighted by Crippen LogP contribution is -2.40. The molecule has 3 atom stereocenters. The number of rotatable bonds is 5. The van der Waals surface area contributed by atoms with Crippen molar-refractivity contribution in [1.29, 1.82) is 0 Å². The molecule has 1 aliphatic rings. The van der Waals surface area contributed by atoms with Crippen LogP contribution in [-0.4, -0.2) is 37.9 Å². The molecule has 2 N–H and O–H groups in total. The highest BCUT2D eigenvalue weighted by molar-refractivity contribution is 6.30. The first-order chi connectivity index (χ1) is 13.1. The van der Waals surface area contributed by atoms with Gasteiger partial charge >= 0.3 is 0 Å². The Morgan fingerprint density at radius 3 is 2.89 bits per heavy atom. The molecular formula is C19H19ClN4O3. The van der Waals surface area contributed by atoms with Crippen molar-refractivity contribution in [3.8, 4) is 11.3 Å². The van der Waals surface area contributed by atoms with Gasteiger partial charge in [0.1, 0.15) is 5.69 Å². The van der Waals surface area contributed by atoms with Gasteiger partial charge in [-0.3, -0.25) is 9.48 Å². The molecule has 0 saturated heterocycles. The summed E-state index contributed by atoms with van der Waals surface area (Å²) in [6.07, 6.45) is 5.21. The smallest absolute Gasteiger partial charge is 0.289 e. The van der Waals surface area contributed by atoms with E-state index in [1.165, 1.54) is 6.39 Å². The van der Waals surface area contributed by atoms with Crippen molar-refractivity contribution < 1.29 is 14.3 Å². The number of benzene rings is 1. The number of nitrogens with one attached hydrogen (secondary N) is 1. The van der Waals surface area contributed by atoms with Crippen LogP contribution in [0, 0.1) is 5.92 Å². The molecule has 27 heavy (non-hydrogen) atoms. The number of nitrogens with zero attached hydrogens (tertiary/aromatic N) is 3. The second kappa shape index (κ2) is 7.54. The van der Waals surface area contributed by atoms with Gasteiger partial charge in [-0.15, -0.1) is 0 Å². The number of aromatic nitrogens is 3. The van der Waals surface area contributed by atoms with Crippen molar-refractivity contribution in [2.75, 3.05) is 0 Å². The van der Waals surface area contributed by atoms with E-state index < -0.39 is 6.10 Å². The van der Waals surface area contributed by atoms with E-state index >= 15 is 0 Å². The van der Waals surface area contributed by atoms with E-state index in [0.717, 1.165) is 5.56 Å². The number of amides is 1. The molecule has 1 unspecified atom stereocenters. The SMILES string of the molecule is O=C(N[C@@H]1CC(Cn2cc(Cl)cn2)C[C@H]1O)c1ocnc1-c1ccccc1. The highest BCUT2D eigenvalue weighted by Crippen LogP contribution is 2.29. The molecule has 0 bridgehead atoms. The third-order valence-corrected chi connectivity index (χ3v) is 5.01. The van der Waals surface area contributed by atoms with Crippen LogP contribution in [0.3, 0.4) is 0 Å². The van der Waals surface area contributed by atoms with Gasteiger partial charge in [0.15, 0.2) is 6.39 Å². The fourth-order valence-electron chi connectivity index (χ4n) is 3.57. The van der Waals surface area contributed by atoms with Gasteiger partial charge in [-0.05, 0) is 18.8 Å². The van der Waals surface area contributed by atoms with E-state index in [2.05, 4.69) is 15.4 Å². The van der Waals surface area contributed by atoms with E-state index in [9.17, 15) is 9.90 Å². The topological polar surface area (TPSA) is 93.2 Å². The van der Waals surface area contributed by atoms with Crippen molar-refractivity contribution in [1.82, 2.24) is 20.1 Å². The first-order valence-corrected chi connectivity index (χ1v) is 9.13. The maximum absolute atomic E-state index is 12.7. The number of aliphatic hydroxyl groups is 1. The molecule has 0 aliphatic heterocycles. The van der Waals surface area contributed by atoms with Gasteiger partial charge in [-0.2, -0.15) is 5.10 Å². The zero-order chi connectivity index (χ0) is 18.8. The molecule has 1 saturated carbocycles. The highest BCUT2D eigenvalue weighted by atomic mass is 35.5. The number of hydrogen-bond donors (Lipinski definition) is 2. The summed E-state index contributed by atoms with van der Waals surface area (Å²) in [5.41, 5.74) is 1.29. The van der Waals surface area contributed by atoms with Gasteiger partial charge in [0.05, 0.1) is 23.4 Å². The number of halogens is 1. The summed E-state index contributed by atoms with van der Waals surface area (Å²) in [5, 5.41) is 18.0. The zero-order valence-electron chi connectivity index (χ0n) is 14.5. The van der Waals surface area contributed by atoms with Crippen LogP contribution >= 0.6 is 11.6 Å². The van der Waals surface area contributed by atoms with Gasteiger partial charge in [0, 0.05) is 18.3 Å². The summed E-state index contributed by atoms with van der Waals surface area (Å²) in [7, 11) is 0. The number of aliphatic hydroxyl groups excluding tert-OH is 1. The standard InChI is InChI=1S/C19H19ClN4O3/c20-14-8-22-24(10-14)9-12-6-15(16(25)7-12)23-19(26)18-17(21-11-27-18)13-4-2-1-3-5-13/h1-5,8,10-12,15-16,25H,6-7,9H2,(H,23,26)/t12?,15-,16-/m1/s1. The minimum atomic E-state index is -0.618. The lowest BCUT2D eigenvalue weighted by atomic mass is 10.1. The minimum absolute atomic E-state index is 0.149. The van der Waals surface area contributed by atoms with Gasteiger partial charge < -0.3 is 14.8 Å². The third-order valence-electron chi connectivity index (χ3n) is 4.81. The van der Waals surface area contributed by atoms with Crippen LogP contribution in [0.2, 0.25) is 5.02 Å². The summed E-state index contributed by atoms with van der Waals surface area (Å²) >= 11 is 5.89. The first-order valence-electron chi connectivity index (χ1n) is 8.76. The molecular weight excluding hydrogens is 368 g/mol. The summed E-state index contributed by atoms with van der Waals surface area (Å²) in [4.78, 5) is 16.8. The van der Waals surface area contributed by atoms with Crippen LogP contribution in [0.4, 0.5) is 0 Å². The molecule has 2 heterocycles. The molecule has 1 amide bonds. The lowest BCUT2D eigenvalue weighted by molar-refractivity contribution is 0.0847. The Morgan fingerprint density at radius 2 is 2.15 bits per heavy atom. The van der Waals surface area contributed by atoms with Gasteiger partial charge in [-0.25, -0.2) is 4.98 Å². The lowest BCUT2D eigenvalue weighted by Gasteiger charge is -2.15. The molecule has 2 aromatic heterocycles. The molecule has 140 valence electrons. The fraction of sp³-hybridized carbons (Fsp3) is 0.316. The molecule has 7 nitrogen and oxygen atoms in total. The summed E-state index contributed by atoms with van der Waals surface area (Å²) in [5.74, 6) is -0.0292. The predicted molar refractivity (Wildman–Crippen MR) is 99.2 cm³/mol.